The Balaban J connectivity index is 2.24. The molecule has 5 heteroatoms. The van der Waals surface area contributed by atoms with Crippen molar-refractivity contribution in [3.8, 4) is 0 Å². The zero-order chi connectivity index (χ0) is 15.1. The number of carboxylic acid groups (broad SMARTS) is 1. The van der Waals surface area contributed by atoms with Crippen molar-refractivity contribution in [3.63, 3.8) is 0 Å². The van der Waals surface area contributed by atoms with Crippen LogP contribution in [-0.2, 0) is 6.54 Å². The average molecular weight is 285 g/mol. The lowest BCUT2D eigenvalue weighted by molar-refractivity contribution is 0.0690. The smallest absolute Gasteiger partial charge is 0.358 e. The van der Waals surface area contributed by atoms with E-state index < -0.39 is 5.97 Å². The monoisotopic (exact) mass is 285 g/mol. The molecule has 0 saturated carbocycles. The molecular weight excluding hydrogens is 266 g/mol. The molecule has 21 heavy (non-hydrogen) atoms. The van der Waals surface area contributed by atoms with Crippen LogP contribution in [0.2, 0.25) is 0 Å². The first-order valence-electron chi connectivity index (χ1n) is 7.12. The number of aromatic nitrogens is 3. The van der Waals surface area contributed by atoms with Gasteiger partial charge in [0.1, 0.15) is 0 Å². The molecule has 0 aliphatic heterocycles. The number of rotatable bonds is 7. The van der Waals surface area contributed by atoms with Crippen molar-refractivity contribution in [1.29, 1.82) is 0 Å². The second-order valence-electron chi connectivity index (χ2n) is 4.80. The van der Waals surface area contributed by atoms with Gasteiger partial charge in [0, 0.05) is 6.54 Å². The Hall–Kier alpha value is -2.43. The summed E-state index contributed by atoms with van der Waals surface area (Å²) in [7, 11) is 0. The Morgan fingerprint density at radius 3 is 2.67 bits per heavy atom. The third kappa shape index (κ3) is 4.02. The highest BCUT2D eigenvalue weighted by Crippen LogP contribution is 2.13. The number of nitrogens with zero attached hydrogens (tertiary/aromatic N) is 3. The van der Waals surface area contributed by atoms with Crippen molar-refractivity contribution in [2.75, 3.05) is 0 Å². The lowest BCUT2D eigenvalue weighted by Gasteiger charge is -2.03. The summed E-state index contributed by atoms with van der Waals surface area (Å²) in [5.41, 5.74) is 1.55. The molecule has 1 N–H and O–H groups in total. The Kier molecular flexibility index (Phi) is 5.26. The number of benzene rings is 1. The van der Waals surface area contributed by atoms with Crippen LogP contribution < -0.4 is 0 Å². The van der Waals surface area contributed by atoms with Gasteiger partial charge in [0.05, 0.1) is 5.69 Å². The highest BCUT2D eigenvalue weighted by molar-refractivity contribution is 5.90. The Bertz CT molecular complexity index is 618. The van der Waals surface area contributed by atoms with Crippen LogP contribution >= 0.6 is 0 Å². The molecular formula is C16H19N3O2. The van der Waals surface area contributed by atoms with E-state index in [1.165, 1.54) is 0 Å². The van der Waals surface area contributed by atoms with E-state index in [9.17, 15) is 9.90 Å². The molecule has 0 amide bonds. The summed E-state index contributed by atoms with van der Waals surface area (Å²) in [4.78, 5) is 11.2. The van der Waals surface area contributed by atoms with Gasteiger partial charge in [-0.25, -0.2) is 9.48 Å². The van der Waals surface area contributed by atoms with Crippen LogP contribution in [0, 0.1) is 0 Å². The number of aryl methyl sites for hydroxylation is 1. The van der Waals surface area contributed by atoms with Crippen molar-refractivity contribution >= 4 is 18.1 Å². The first-order valence-corrected chi connectivity index (χ1v) is 7.12. The fraction of sp³-hybridized carbons (Fsp3) is 0.312. The number of aromatic carboxylic acids is 1. The van der Waals surface area contributed by atoms with E-state index in [-0.39, 0.29) is 5.69 Å². The highest BCUT2D eigenvalue weighted by Gasteiger charge is 2.16. The van der Waals surface area contributed by atoms with Crippen LogP contribution in [0.5, 0.6) is 0 Å². The molecule has 0 atom stereocenters. The molecule has 2 aromatic rings. The largest absolute Gasteiger partial charge is 0.476 e. The lowest BCUT2D eigenvalue weighted by atomic mass is 10.2. The molecule has 0 fully saturated rings. The van der Waals surface area contributed by atoms with Gasteiger partial charge >= 0.3 is 5.97 Å². The number of unbranched alkanes of at least 4 members (excludes halogenated alkanes) is 2. The normalized spacial score (nSPS) is 11.1. The lowest BCUT2D eigenvalue weighted by Crippen LogP contribution is -2.05. The highest BCUT2D eigenvalue weighted by atomic mass is 16.4. The second-order valence-corrected chi connectivity index (χ2v) is 4.80. The minimum Gasteiger partial charge on any atom is -0.476 e. The summed E-state index contributed by atoms with van der Waals surface area (Å²) in [5, 5.41) is 16.9. The van der Waals surface area contributed by atoms with Crippen LogP contribution in [0.3, 0.4) is 0 Å². The minimum absolute atomic E-state index is 0.00122. The molecule has 0 aliphatic carbocycles. The van der Waals surface area contributed by atoms with Crippen LogP contribution in [-0.4, -0.2) is 26.1 Å². The molecule has 1 heterocycles. The van der Waals surface area contributed by atoms with Crippen LogP contribution in [0.15, 0.2) is 30.3 Å². The fourth-order valence-corrected chi connectivity index (χ4v) is 2.05. The summed E-state index contributed by atoms with van der Waals surface area (Å²) in [6.07, 6.45) is 6.80. The van der Waals surface area contributed by atoms with Crippen molar-refractivity contribution in [2.24, 2.45) is 0 Å². The number of carboxylic acids is 1. The zero-order valence-corrected chi connectivity index (χ0v) is 12.1. The van der Waals surface area contributed by atoms with E-state index >= 15 is 0 Å². The van der Waals surface area contributed by atoms with Crippen molar-refractivity contribution < 1.29 is 9.90 Å². The predicted molar refractivity (Wildman–Crippen MR) is 81.9 cm³/mol. The molecule has 0 bridgehead atoms. The van der Waals surface area contributed by atoms with Gasteiger partial charge in [-0.05, 0) is 18.1 Å². The van der Waals surface area contributed by atoms with E-state index in [0.717, 1.165) is 24.8 Å². The van der Waals surface area contributed by atoms with E-state index in [1.807, 2.05) is 36.4 Å². The van der Waals surface area contributed by atoms with Gasteiger partial charge in [-0.15, -0.1) is 5.10 Å². The Labute approximate surface area is 123 Å². The molecule has 0 unspecified atom stereocenters. The first kappa shape index (κ1) is 15.0. The molecule has 1 aromatic heterocycles. The third-order valence-electron chi connectivity index (χ3n) is 3.18. The quantitative estimate of drug-likeness (QED) is 0.792. The van der Waals surface area contributed by atoms with Gasteiger partial charge in [0.2, 0.25) is 0 Å². The molecule has 110 valence electrons. The first-order chi connectivity index (χ1) is 10.2. The average Bonchev–Trinajstić information content (AvgIpc) is 2.90. The van der Waals surface area contributed by atoms with Crippen molar-refractivity contribution in [1.82, 2.24) is 15.0 Å². The minimum atomic E-state index is -1.05. The van der Waals surface area contributed by atoms with Crippen LogP contribution in [0.1, 0.15) is 47.9 Å². The standard InChI is InChI=1S/C16H19N3O2/c1-2-3-7-12-19-14(15(16(20)21)17-18-19)11-10-13-8-5-4-6-9-13/h4-6,8-11H,2-3,7,12H2,1H3,(H,20,21)/b11-10+. The molecule has 1 aromatic carbocycles. The van der Waals surface area contributed by atoms with Gasteiger partial charge in [0.15, 0.2) is 5.69 Å². The van der Waals surface area contributed by atoms with Crippen molar-refractivity contribution in [3.05, 3.63) is 47.3 Å². The van der Waals surface area contributed by atoms with Gasteiger partial charge in [-0.2, -0.15) is 0 Å². The number of hydrogen-bond acceptors (Lipinski definition) is 3. The van der Waals surface area contributed by atoms with Gasteiger partial charge in [0.25, 0.3) is 0 Å². The maximum Gasteiger partial charge on any atom is 0.358 e. The fourth-order valence-electron chi connectivity index (χ4n) is 2.05. The van der Waals surface area contributed by atoms with Gasteiger partial charge in [-0.1, -0.05) is 61.4 Å². The van der Waals surface area contributed by atoms with Crippen LogP contribution in [0.4, 0.5) is 0 Å². The maximum absolute atomic E-state index is 11.2. The summed E-state index contributed by atoms with van der Waals surface area (Å²) in [6, 6.07) is 9.74. The summed E-state index contributed by atoms with van der Waals surface area (Å²) in [6.45, 7) is 2.81. The van der Waals surface area contributed by atoms with E-state index in [1.54, 1.807) is 10.8 Å². The van der Waals surface area contributed by atoms with Gasteiger partial charge in [-0.3, -0.25) is 0 Å². The van der Waals surface area contributed by atoms with Gasteiger partial charge < -0.3 is 5.11 Å². The van der Waals surface area contributed by atoms with Crippen LogP contribution in [0.25, 0.3) is 12.2 Å². The summed E-state index contributed by atoms with van der Waals surface area (Å²) >= 11 is 0. The van der Waals surface area contributed by atoms with E-state index in [4.69, 9.17) is 0 Å². The number of hydrogen-bond donors (Lipinski definition) is 1. The Morgan fingerprint density at radius 2 is 2.00 bits per heavy atom. The van der Waals surface area contributed by atoms with E-state index in [0.29, 0.717) is 12.2 Å². The second kappa shape index (κ2) is 7.38. The SMILES string of the molecule is CCCCCn1nnc(C(=O)O)c1/C=C/c1ccccc1. The Morgan fingerprint density at radius 1 is 1.24 bits per heavy atom. The molecule has 0 aliphatic rings. The number of carbonyl (C=O) groups is 1. The summed E-state index contributed by atoms with van der Waals surface area (Å²) in [5.74, 6) is -1.05. The molecule has 0 radical (unpaired) electrons. The predicted octanol–water partition coefficient (Wildman–Crippen LogP) is 3.34. The molecule has 2 rings (SSSR count). The third-order valence-corrected chi connectivity index (χ3v) is 3.18. The van der Waals surface area contributed by atoms with E-state index in [2.05, 4.69) is 17.2 Å². The van der Waals surface area contributed by atoms with Crippen molar-refractivity contribution in [2.45, 2.75) is 32.7 Å². The zero-order valence-electron chi connectivity index (χ0n) is 12.1. The molecule has 5 nitrogen and oxygen atoms in total. The summed E-state index contributed by atoms with van der Waals surface area (Å²) < 4.78 is 1.67. The maximum atomic E-state index is 11.2. The molecule has 0 saturated heterocycles. The topological polar surface area (TPSA) is 68.0 Å². The molecule has 0 spiro atoms.